The summed E-state index contributed by atoms with van der Waals surface area (Å²) in [6.07, 6.45) is 2.24. The highest BCUT2D eigenvalue weighted by molar-refractivity contribution is 5.68. The maximum atomic E-state index is 10.6. The molecule has 0 aliphatic heterocycles. The minimum Gasteiger partial charge on any atom is -0.481 e. The van der Waals surface area contributed by atoms with Gasteiger partial charge in [-0.15, -0.1) is 0 Å². The topological polar surface area (TPSA) is 68.3 Å². The maximum absolute atomic E-state index is 10.6. The van der Waals surface area contributed by atoms with Crippen LogP contribution in [0.5, 0.6) is 0 Å². The maximum Gasteiger partial charge on any atom is 0.303 e. The minimum atomic E-state index is -0.812. The van der Waals surface area contributed by atoms with E-state index in [-0.39, 0.29) is 6.42 Å². The van der Waals surface area contributed by atoms with E-state index in [9.17, 15) is 4.79 Å². The number of carbonyl (C=O) groups is 1. The molecular weight excluding hydrogens is 220 g/mol. The fraction of sp³-hybridized carbons (Fsp3) is 0.333. The first-order chi connectivity index (χ1) is 8.08. The van der Waals surface area contributed by atoms with Crippen LogP contribution in [0.3, 0.4) is 0 Å². The van der Waals surface area contributed by atoms with Crippen molar-refractivity contribution in [2.45, 2.75) is 19.8 Å². The van der Waals surface area contributed by atoms with Crippen molar-refractivity contribution in [2.75, 3.05) is 0 Å². The van der Waals surface area contributed by atoms with Crippen molar-refractivity contribution >= 4 is 5.97 Å². The van der Waals surface area contributed by atoms with Crippen molar-refractivity contribution in [1.29, 1.82) is 0 Å². The molecule has 0 atom stereocenters. The zero-order chi connectivity index (χ0) is 12.4. The Balaban J connectivity index is 2.31. The van der Waals surface area contributed by atoms with Gasteiger partial charge in [0.1, 0.15) is 11.5 Å². The Bertz CT molecular complexity index is 540. The summed E-state index contributed by atoms with van der Waals surface area (Å²) in [5, 5.41) is 12.9. The fourth-order valence-electron chi connectivity index (χ4n) is 1.77. The lowest BCUT2D eigenvalue weighted by molar-refractivity contribution is -0.136. The molecule has 0 unspecified atom stereocenters. The number of nitrogens with zero attached hydrogens (tertiary/aromatic N) is 2. The molecule has 5 heteroatoms. The predicted molar refractivity (Wildman–Crippen MR) is 61.6 cm³/mol. The molecule has 2 heterocycles. The van der Waals surface area contributed by atoms with Crippen LogP contribution in [0.1, 0.15) is 17.9 Å². The first-order valence-corrected chi connectivity index (χ1v) is 5.37. The van der Waals surface area contributed by atoms with Crippen LogP contribution < -0.4 is 0 Å². The highest BCUT2D eigenvalue weighted by Crippen LogP contribution is 2.26. The Labute approximate surface area is 98.7 Å². The molecule has 0 radical (unpaired) electrons. The molecule has 17 heavy (non-hydrogen) atoms. The quantitative estimate of drug-likeness (QED) is 0.878. The molecule has 5 nitrogen and oxygen atoms in total. The van der Waals surface area contributed by atoms with Crippen molar-refractivity contribution in [3.8, 4) is 11.3 Å². The second-order valence-electron chi connectivity index (χ2n) is 3.93. The number of hydrogen-bond donors (Lipinski definition) is 1. The molecule has 2 rings (SSSR count). The van der Waals surface area contributed by atoms with Crippen molar-refractivity contribution in [2.24, 2.45) is 7.05 Å². The van der Waals surface area contributed by atoms with Crippen LogP contribution in [-0.4, -0.2) is 20.9 Å². The summed E-state index contributed by atoms with van der Waals surface area (Å²) < 4.78 is 7.22. The van der Waals surface area contributed by atoms with E-state index in [1.54, 1.807) is 17.9 Å². The second-order valence-corrected chi connectivity index (χ2v) is 3.93. The molecule has 0 saturated carbocycles. The van der Waals surface area contributed by atoms with E-state index in [1.165, 1.54) is 0 Å². The summed E-state index contributed by atoms with van der Waals surface area (Å²) >= 11 is 0. The van der Waals surface area contributed by atoms with Gasteiger partial charge < -0.3 is 9.52 Å². The lowest BCUT2D eigenvalue weighted by atomic mass is 10.1. The van der Waals surface area contributed by atoms with Gasteiger partial charge >= 0.3 is 5.97 Å². The minimum absolute atomic E-state index is 0.0895. The van der Waals surface area contributed by atoms with Crippen molar-refractivity contribution in [1.82, 2.24) is 9.78 Å². The molecular formula is C12H14N2O3. The van der Waals surface area contributed by atoms with Gasteiger partial charge in [-0.05, 0) is 19.1 Å². The number of rotatable bonds is 4. The lowest BCUT2D eigenvalue weighted by Crippen LogP contribution is -2.03. The number of aryl methyl sites for hydroxylation is 2. The summed E-state index contributed by atoms with van der Waals surface area (Å²) in [6.45, 7) is 1.87. The zero-order valence-electron chi connectivity index (χ0n) is 9.80. The Kier molecular flexibility index (Phi) is 2.99. The van der Waals surface area contributed by atoms with Gasteiger partial charge in [-0.1, -0.05) is 0 Å². The number of furan rings is 1. The van der Waals surface area contributed by atoms with Crippen LogP contribution in [0.15, 0.2) is 22.7 Å². The third-order valence-corrected chi connectivity index (χ3v) is 2.64. The molecule has 2 aromatic heterocycles. The summed E-state index contributed by atoms with van der Waals surface area (Å²) in [7, 11) is 1.80. The number of hydrogen-bond acceptors (Lipinski definition) is 3. The average Bonchev–Trinajstić information content (AvgIpc) is 2.82. The number of carboxylic acids is 1. The zero-order valence-corrected chi connectivity index (χ0v) is 9.80. The molecule has 0 amide bonds. The molecule has 0 fully saturated rings. The van der Waals surface area contributed by atoms with Crippen LogP contribution in [-0.2, 0) is 18.3 Å². The third-order valence-electron chi connectivity index (χ3n) is 2.64. The highest BCUT2D eigenvalue weighted by Gasteiger charge is 2.14. The number of aromatic nitrogens is 2. The molecule has 90 valence electrons. The Morgan fingerprint density at radius 1 is 1.53 bits per heavy atom. The Morgan fingerprint density at radius 2 is 2.29 bits per heavy atom. The van der Waals surface area contributed by atoms with Crippen molar-refractivity contribution in [3.05, 3.63) is 29.8 Å². The van der Waals surface area contributed by atoms with Gasteiger partial charge in [0, 0.05) is 19.2 Å². The van der Waals surface area contributed by atoms with Crippen LogP contribution >= 0.6 is 0 Å². The van der Waals surface area contributed by atoms with Crippen LogP contribution in [0.25, 0.3) is 11.3 Å². The van der Waals surface area contributed by atoms with Gasteiger partial charge in [0.2, 0.25) is 0 Å². The summed E-state index contributed by atoms with van der Waals surface area (Å²) in [5.41, 5.74) is 1.74. The Morgan fingerprint density at radius 3 is 2.88 bits per heavy atom. The lowest BCUT2D eigenvalue weighted by Gasteiger charge is -2.02. The smallest absolute Gasteiger partial charge is 0.303 e. The molecule has 0 saturated heterocycles. The van der Waals surface area contributed by atoms with E-state index in [1.807, 2.05) is 19.1 Å². The fourth-order valence-corrected chi connectivity index (χ4v) is 1.77. The van der Waals surface area contributed by atoms with E-state index in [4.69, 9.17) is 9.52 Å². The van der Waals surface area contributed by atoms with Crippen LogP contribution in [0.2, 0.25) is 0 Å². The normalized spacial score (nSPS) is 10.7. The second kappa shape index (κ2) is 4.45. The van der Waals surface area contributed by atoms with Crippen LogP contribution in [0.4, 0.5) is 0 Å². The molecule has 2 aromatic rings. The number of aliphatic carboxylic acids is 1. The Hall–Kier alpha value is -2.04. The van der Waals surface area contributed by atoms with Crippen molar-refractivity contribution in [3.63, 3.8) is 0 Å². The van der Waals surface area contributed by atoms with Gasteiger partial charge in [-0.2, -0.15) is 5.10 Å². The molecule has 0 aromatic carbocycles. The molecule has 1 N–H and O–H groups in total. The average molecular weight is 234 g/mol. The number of carboxylic acid groups (broad SMARTS) is 1. The van der Waals surface area contributed by atoms with Crippen LogP contribution in [0, 0.1) is 6.92 Å². The standard InChI is InChI=1S/C12H14N2O3/c1-8-3-5-11(17-8)9-7-13-14(2)10(9)4-6-12(15)16/h3,5,7H,4,6H2,1-2H3,(H,15,16). The van der Waals surface area contributed by atoms with Gasteiger partial charge in [0.05, 0.1) is 18.2 Å². The van der Waals surface area contributed by atoms with Gasteiger partial charge in [0.15, 0.2) is 0 Å². The first kappa shape index (κ1) is 11.4. The summed E-state index contributed by atoms with van der Waals surface area (Å²) in [5.74, 6) is 0.747. The van der Waals surface area contributed by atoms with E-state index < -0.39 is 5.97 Å². The van der Waals surface area contributed by atoms with E-state index in [0.29, 0.717) is 6.42 Å². The molecule has 0 bridgehead atoms. The largest absolute Gasteiger partial charge is 0.481 e. The highest BCUT2D eigenvalue weighted by atomic mass is 16.4. The van der Waals surface area contributed by atoms with E-state index >= 15 is 0 Å². The molecule has 0 aliphatic carbocycles. The molecule has 0 aliphatic rings. The van der Waals surface area contributed by atoms with E-state index in [2.05, 4.69) is 5.10 Å². The molecule has 0 spiro atoms. The van der Waals surface area contributed by atoms with E-state index in [0.717, 1.165) is 22.8 Å². The van der Waals surface area contributed by atoms with Crippen molar-refractivity contribution < 1.29 is 14.3 Å². The SMILES string of the molecule is Cc1ccc(-c2cnn(C)c2CCC(=O)O)o1. The summed E-state index contributed by atoms with van der Waals surface area (Å²) in [6, 6.07) is 3.75. The van der Waals surface area contributed by atoms with Gasteiger partial charge in [-0.25, -0.2) is 0 Å². The monoisotopic (exact) mass is 234 g/mol. The first-order valence-electron chi connectivity index (χ1n) is 5.37. The third kappa shape index (κ3) is 2.38. The summed E-state index contributed by atoms with van der Waals surface area (Å²) in [4.78, 5) is 10.6. The van der Waals surface area contributed by atoms with Gasteiger partial charge in [-0.3, -0.25) is 9.48 Å². The predicted octanol–water partition coefficient (Wildman–Crippen LogP) is 2.01. The van der Waals surface area contributed by atoms with Gasteiger partial charge in [0.25, 0.3) is 0 Å².